The molecule has 248 valence electrons. The molecular weight excluding hydrogens is 588 g/mol. The number of Topliss-reactive ketones (excluding diaryl/α,β-unsaturated/α-hetero) is 1. The van der Waals surface area contributed by atoms with E-state index < -0.39 is 53.5 Å². The second-order valence-corrected chi connectivity index (χ2v) is 12.2. The molecule has 3 atom stereocenters. The summed E-state index contributed by atoms with van der Waals surface area (Å²) in [4.78, 5) is 81.6. The first-order valence-corrected chi connectivity index (χ1v) is 15.6. The molecule has 12 nitrogen and oxygen atoms in total. The van der Waals surface area contributed by atoms with Gasteiger partial charge in [0.1, 0.15) is 12.1 Å². The second kappa shape index (κ2) is 17.2. The first-order chi connectivity index (χ1) is 21.9. The van der Waals surface area contributed by atoms with E-state index >= 15 is 0 Å². The first-order valence-electron chi connectivity index (χ1n) is 15.6. The minimum absolute atomic E-state index is 0.180. The van der Waals surface area contributed by atoms with Gasteiger partial charge in [-0.3, -0.25) is 28.8 Å². The van der Waals surface area contributed by atoms with Crippen molar-refractivity contribution in [1.29, 1.82) is 0 Å². The average Bonchev–Trinajstić information content (AvgIpc) is 3.05. The van der Waals surface area contributed by atoms with E-state index in [2.05, 4.69) is 26.2 Å². The van der Waals surface area contributed by atoms with Gasteiger partial charge in [-0.2, -0.15) is 0 Å². The second-order valence-electron chi connectivity index (χ2n) is 12.2. The van der Waals surface area contributed by atoms with Crippen LogP contribution in [0.3, 0.4) is 0 Å². The number of ketones is 1. The highest BCUT2D eigenvalue weighted by Crippen LogP contribution is 2.14. The fourth-order valence-corrected chi connectivity index (χ4v) is 5.21. The Bertz CT molecular complexity index is 1360. The van der Waals surface area contributed by atoms with Gasteiger partial charge in [-0.15, -0.1) is 0 Å². The lowest BCUT2D eigenvalue weighted by Crippen LogP contribution is -2.57. The number of nitrogens with one attached hydrogen (secondary N) is 4. The zero-order valence-corrected chi connectivity index (χ0v) is 27.2. The van der Waals surface area contributed by atoms with Crippen LogP contribution >= 0.6 is 0 Å². The molecule has 4 N–H and O–H groups in total. The Morgan fingerprint density at radius 1 is 0.804 bits per heavy atom. The van der Waals surface area contributed by atoms with Crippen molar-refractivity contribution in [3.05, 3.63) is 71.8 Å². The third kappa shape index (κ3) is 10.5. The molecule has 1 saturated heterocycles. The Morgan fingerprint density at radius 2 is 1.39 bits per heavy atom. The Morgan fingerprint density at radius 3 is 1.96 bits per heavy atom. The molecule has 0 spiro atoms. The topological polar surface area (TPSA) is 157 Å². The van der Waals surface area contributed by atoms with Crippen molar-refractivity contribution < 1.29 is 28.8 Å². The van der Waals surface area contributed by atoms with Crippen molar-refractivity contribution in [1.82, 2.24) is 31.1 Å². The summed E-state index contributed by atoms with van der Waals surface area (Å²) in [5.74, 6) is -4.31. The van der Waals surface area contributed by atoms with Gasteiger partial charge in [0.25, 0.3) is 11.8 Å². The van der Waals surface area contributed by atoms with Crippen LogP contribution in [0.2, 0.25) is 0 Å². The van der Waals surface area contributed by atoms with Crippen LogP contribution in [0, 0.1) is 5.92 Å². The lowest BCUT2D eigenvalue weighted by Gasteiger charge is -2.35. The third-order valence-corrected chi connectivity index (χ3v) is 8.11. The number of nitrogens with zero attached hydrogens (tertiary/aromatic N) is 2. The van der Waals surface area contributed by atoms with Crippen LogP contribution in [0.5, 0.6) is 0 Å². The molecule has 1 aliphatic heterocycles. The van der Waals surface area contributed by atoms with Gasteiger partial charge in [-0.05, 0) is 57.5 Å². The van der Waals surface area contributed by atoms with E-state index in [1.54, 1.807) is 49.1 Å². The average molecular weight is 635 g/mol. The predicted molar refractivity (Wildman–Crippen MR) is 174 cm³/mol. The van der Waals surface area contributed by atoms with Crippen LogP contribution in [0.25, 0.3) is 0 Å². The molecular formula is C34H46N6O6. The fraction of sp³-hybridized carbons (Fsp3) is 0.471. The van der Waals surface area contributed by atoms with Crippen molar-refractivity contribution in [3.8, 4) is 0 Å². The minimum Gasteiger partial charge on any atom is -0.344 e. The van der Waals surface area contributed by atoms with Gasteiger partial charge in [0.15, 0.2) is 0 Å². The molecule has 1 aliphatic rings. The highest BCUT2D eigenvalue weighted by atomic mass is 16.2. The predicted octanol–water partition coefficient (Wildman–Crippen LogP) is 0.911. The summed E-state index contributed by atoms with van der Waals surface area (Å²) >= 11 is 0. The highest BCUT2D eigenvalue weighted by Gasteiger charge is 2.33. The Labute approximate surface area is 270 Å². The van der Waals surface area contributed by atoms with Gasteiger partial charge < -0.3 is 31.1 Å². The van der Waals surface area contributed by atoms with Crippen molar-refractivity contribution in [2.24, 2.45) is 5.92 Å². The molecule has 0 aliphatic carbocycles. The summed E-state index contributed by atoms with van der Waals surface area (Å²) in [5.41, 5.74) is 1.19. The SMILES string of the molecule is CC(C)[C@H](NC(=O)[C@H](C)NC(=O)[C@H](Cc1ccccc1)NC(=O)c1ccccc1)C(=O)C(=O)NCC(=O)N1CCC(N(C)C)CC1. The van der Waals surface area contributed by atoms with Crippen molar-refractivity contribution in [3.63, 3.8) is 0 Å². The number of benzene rings is 2. The summed E-state index contributed by atoms with van der Waals surface area (Å²) in [5, 5.41) is 10.3. The molecule has 0 saturated carbocycles. The molecule has 0 aromatic heterocycles. The summed E-state index contributed by atoms with van der Waals surface area (Å²) < 4.78 is 0. The monoisotopic (exact) mass is 634 g/mol. The molecule has 46 heavy (non-hydrogen) atoms. The maximum Gasteiger partial charge on any atom is 0.290 e. The fourth-order valence-electron chi connectivity index (χ4n) is 5.21. The molecule has 5 amide bonds. The van der Waals surface area contributed by atoms with Crippen LogP contribution in [-0.2, 0) is 30.4 Å². The number of rotatable bonds is 14. The Hall–Kier alpha value is -4.58. The van der Waals surface area contributed by atoms with E-state index in [0.29, 0.717) is 24.7 Å². The van der Waals surface area contributed by atoms with Gasteiger partial charge in [-0.1, -0.05) is 62.4 Å². The number of hydrogen-bond donors (Lipinski definition) is 4. The van der Waals surface area contributed by atoms with Gasteiger partial charge in [0.2, 0.25) is 23.5 Å². The van der Waals surface area contributed by atoms with Crippen LogP contribution < -0.4 is 21.3 Å². The molecule has 1 fully saturated rings. The zero-order valence-electron chi connectivity index (χ0n) is 27.2. The molecule has 1 heterocycles. The number of likely N-dealkylation sites (tertiary alicyclic amines) is 1. The highest BCUT2D eigenvalue weighted by molar-refractivity contribution is 6.38. The lowest BCUT2D eigenvalue weighted by molar-refractivity contribution is -0.142. The molecule has 0 unspecified atom stereocenters. The van der Waals surface area contributed by atoms with Crippen LogP contribution in [0.4, 0.5) is 0 Å². The van der Waals surface area contributed by atoms with Crippen LogP contribution in [-0.4, -0.2) is 103 Å². The molecule has 2 aromatic rings. The first kappa shape index (κ1) is 35.9. The zero-order chi connectivity index (χ0) is 33.8. The Balaban J connectivity index is 1.58. The van der Waals surface area contributed by atoms with Crippen molar-refractivity contribution >= 4 is 35.3 Å². The quantitative estimate of drug-likeness (QED) is 0.225. The number of hydrogen-bond acceptors (Lipinski definition) is 7. The number of carbonyl (C=O) groups excluding carboxylic acids is 6. The lowest BCUT2D eigenvalue weighted by atomic mass is 9.98. The van der Waals surface area contributed by atoms with Gasteiger partial charge in [-0.25, -0.2) is 0 Å². The van der Waals surface area contributed by atoms with Gasteiger partial charge >= 0.3 is 0 Å². The van der Waals surface area contributed by atoms with Gasteiger partial charge in [0.05, 0.1) is 12.6 Å². The Kier molecular flexibility index (Phi) is 13.4. The summed E-state index contributed by atoms with van der Waals surface area (Å²) in [7, 11) is 4.00. The van der Waals surface area contributed by atoms with Crippen LogP contribution in [0.15, 0.2) is 60.7 Å². The molecule has 0 radical (unpaired) electrons. The van der Waals surface area contributed by atoms with E-state index in [9.17, 15) is 28.8 Å². The van der Waals surface area contributed by atoms with E-state index in [4.69, 9.17) is 0 Å². The number of piperidine rings is 1. The smallest absolute Gasteiger partial charge is 0.290 e. The van der Waals surface area contributed by atoms with E-state index in [1.165, 1.54) is 6.92 Å². The molecule has 12 heteroatoms. The summed E-state index contributed by atoms with van der Waals surface area (Å²) in [6.45, 7) is 5.62. The summed E-state index contributed by atoms with van der Waals surface area (Å²) in [6, 6.07) is 14.7. The molecule has 3 rings (SSSR count). The van der Waals surface area contributed by atoms with E-state index in [0.717, 1.165) is 18.4 Å². The van der Waals surface area contributed by atoms with Crippen molar-refractivity contribution in [2.45, 2.75) is 64.2 Å². The minimum atomic E-state index is -1.18. The normalized spacial score (nSPS) is 15.4. The standard InChI is InChI=1S/C34H46N6O6/c1-22(2)29(30(42)34(46)35-21-28(41)40-18-16-26(17-19-40)39(4)5)38-31(43)23(3)36-33(45)27(20-24-12-8-6-9-13-24)37-32(44)25-14-10-7-11-15-25/h6-15,22-23,26-27,29H,16-21H2,1-5H3,(H,35,46)(H,36,45)(H,37,44)(H,38,43)/t23-,27-,29-/m0/s1. The maximum atomic E-state index is 13.3. The van der Waals surface area contributed by atoms with E-state index in [-0.39, 0.29) is 18.9 Å². The maximum absolute atomic E-state index is 13.3. The number of carbonyl (C=O) groups is 6. The summed E-state index contributed by atoms with van der Waals surface area (Å²) in [6.07, 6.45) is 1.83. The largest absolute Gasteiger partial charge is 0.344 e. The van der Waals surface area contributed by atoms with Gasteiger partial charge in [0, 0.05) is 31.1 Å². The molecule has 0 bridgehead atoms. The van der Waals surface area contributed by atoms with Crippen LogP contribution in [0.1, 0.15) is 49.5 Å². The van der Waals surface area contributed by atoms with E-state index in [1.807, 2.05) is 44.4 Å². The van der Waals surface area contributed by atoms with Crippen molar-refractivity contribution in [2.75, 3.05) is 33.7 Å². The number of amides is 5. The molecule has 2 aromatic carbocycles. The third-order valence-electron chi connectivity index (χ3n) is 8.11.